The molecule has 4 heteroatoms. The molecule has 126 valence electrons. The molecule has 4 nitrogen and oxygen atoms in total. The quantitative estimate of drug-likeness (QED) is 0.827. The summed E-state index contributed by atoms with van der Waals surface area (Å²) in [5, 5.41) is 0. The molecule has 1 fully saturated rings. The zero-order valence-electron chi connectivity index (χ0n) is 14.2. The third kappa shape index (κ3) is 5.31. The van der Waals surface area contributed by atoms with E-state index in [0.717, 1.165) is 31.5 Å². The molecule has 0 aromatic heterocycles. The Balaban J connectivity index is 1.94. The van der Waals surface area contributed by atoms with Crippen LogP contribution in [0, 0.1) is 0 Å². The van der Waals surface area contributed by atoms with Gasteiger partial charge in [-0.3, -0.25) is 4.79 Å². The van der Waals surface area contributed by atoms with E-state index in [9.17, 15) is 4.79 Å². The van der Waals surface area contributed by atoms with Crippen LogP contribution in [0.1, 0.15) is 44.6 Å². The molecule has 2 rings (SSSR count). The number of allylic oxidation sites excluding steroid dienone is 1. The predicted octanol–water partition coefficient (Wildman–Crippen LogP) is 3.90. The standard InChI is InChI=1S/C19H27NO3/c1-3-9-16-10-11-17(18(14-16)22-2)23-15-19(21)20-12-7-5-4-6-8-13-20/h3,9-11,14H,4-8,12-13,15H2,1-2H3. The van der Waals surface area contributed by atoms with E-state index in [1.807, 2.05) is 42.2 Å². The number of methoxy groups -OCH3 is 1. The van der Waals surface area contributed by atoms with Crippen LogP contribution in [0.3, 0.4) is 0 Å². The highest BCUT2D eigenvalue weighted by Gasteiger charge is 2.16. The molecule has 23 heavy (non-hydrogen) atoms. The van der Waals surface area contributed by atoms with E-state index in [1.165, 1.54) is 19.3 Å². The summed E-state index contributed by atoms with van der Waals surface area (Å²) in [4.78, 5) is 14.3. The van der Waals surface area contributed by atoms with Gasteiger partial charge in [0.05, 0.1) is 7.11 Å². The van der Waals surface area contributed by atoms with Crippen molar-refractivity contribution in [2.24, 2.45) is 0 Å². The van der Waals surface area contributed by atoms with Crippen LogP contribution in [-0.2, 0) is 4.79 Å². The highest BCUT2D eigenvalue weighted by molar-refractivity contribution is 5.77. The first-order chi connectivity index (χ1) is 11.2. The number of hydrogen-bond donors (Lipinski definition) is 0. The van der Waals surface area contributed by atoms with Crippen LogP contribution in [0.4, 0.5) is 0 Å². The van der Waals surface area contributed by atoms with Crippen molar-refractivity contribution in [3.05, 3.63) is 29.8 Å². The van der Waals surface area contributed by atoms with Crippen LogP contribution in [0.15, 0.2) is 24.3 Å². The zero-order valence-corrected chi connectivity index (χ0v) is 14.2. The van der Waals surface area contributed by atoms with Gasteiger partial charge in [0.1, 0.15) is 0 Å². The van der Waals surface area contributed by atoms with Gasteiger partial charge in [-0.25, -0.2) is 0 Å². The second kappa shape index (κ2) is 9.23. The number of likely N-dealkylation sites (tertiary alicyclic amines) is 1. The van der Waals surface area contributed by atoms with E-state index in [-0.39, 0.29) is 12.5 Å². The molecule has 1 amide bonds. The average Bonchev–Trinajstić information content (AvgIpc) is 2.53. The van der Waals surface area contributed by atoms with E-state index in [4.69, 9.17) is 9.47 Å². The van der Waals surface area contributed by atoms with Crippen LogP contribution in [0.5, 0.6) is 11.5 Å². The normalized spacial score (nSPS) is 16.0. The van der Waals surface area contributed by atoms with Crippen molar-refractivity contribution in [2.45, 2.75) is 39.0 Å². The molecular formula is C19H27NO3. The molecule has 0 spiro atoms. The molecule has 0 N–H and O–H groups in total. The monoisotopic (exact) mass is 317 g/mol. The molecule has 1 aromatic carbocycles. The molecule has 1 aliphatic heterocycles. The lowest BCUT2D eigenvalue weighted by Crippen LogP contribution is -2.37. The fourth-order valence-electron chi connectivity index (χ4n) is 2.83. The van der Waals surface area contributed by atoms with Crippen molar-refractivity contribution < 1.29 is 14.3 Å². The van der Waals surface area contributed by atoms with Crippen molar-refractivity contribution in [3.8, 4) is 11.5 Å². The van der Waals surface area contributed by atoms with Gasteiger partial charge >= 0.3 is 0 Å². The van der Waals surface area contributed by atoms with Gasteiger partial charge in [-0.2, -0.15) is 0 Å². The van der Waals surface area contributed by atoms with Gasteiger partial charge in [0, 0.05) is 13.1 Å². The second-order valence-corrected chi connectivity index (χ2v) is 5.85. The highest BCUT2D eigenvalue weighted by Crippen LogP contribution is 2.28. The third-order valence-electron chi connectivity index (χ3n) is 4.11. The minimum absolute atomic E-state index is 0.0616. The first-order valence-corrected chi connectivity index (χ1v) is 8.46. The van der Waals surface area contributed by atoms with Crippen molar-refractivity contribution in [3.63, 3.8) is 0 Å². The molecule has 0 radical (unpaired) electrons. The van der Waals surface area contributed by atoms with Crippen molar-refractivity contribution in [1.29, 1.82) is 0 Å². The van der Waals surface area contributed by atoms with Gasteiger partial charge in [0.25, 0.3) is 5.91 Å². The van der Waals surface area contributed by atoms with Gasteiger partial charge in [-0.15, -0.1) is 0 Å². The summed E-state index contributed by atoms with van der Waals surface area (Å²) in [6.07, 6.45) is 9.86. The number of benzene rings is 1. The summed E-state index contributed by atoms with van der Waals surface area (Å²) in [6, 6.07) is 5.73. The number of carbonyl (C=O) groups is 1. The Labute approximate surface area is 139 Å². The van der Waals surface area contributed by atoms with Gasteiger partial charge in [-0.05, 0) is 37.5 Å². The first-order valence-electron chi connectivity index (χ1n) is 8.46. The molecule has 1 heterocycles. The number of amides is 1. The van der Waals surface area contributed by atoms with E-state index in [0.29, 0.717) is 11.5 Å². The molecule has 0 unspecified atom stereocenters. The Morgan fingerprint density at radius 2 is 1.83 bits per heavy atom. The van der Waals surface area contributed by atoms with Gasteiger partial charge in [0.15, 0.2) is 18.1 Å². The lowest BCUT2D eigenvalue weighted by molar-refractivity contribution is -0.133. The Bertz CT molecular complexity index is 531. The summed E-state index contributed by atoms with van der Waals surface area (Å²) >= 11 is 0. The smallest absolute Gasteiger partial charge is 0.260 e. The Kier molecular flexibility index (Phi) is 6.98. The molecule has 1 aromatic rings. The summed E-state index contributed by atoms with van der Waals surface area (Å²) in [7, 11) is 1.61. The topological polar surface area (TPSA) is 38.8 Å². The summed E-state index contributed by atoms with van der Waals surface area (Å²) in [5.41, 5.74) is 1.05. The third-order valence-corrected chi connectivity index (χ3v) is 4.11. The molecule has 0 atom stereocenters. The lowest BCUT2D eigenvalue weighted by atomic mass is 10.1. The van der Waals surface area contributed by atoms with Crippen LogP contribution in [-0.4, -0.2) is 37.6 Å². The highest BCUT2D eigenvalue weighted by atomic mass is 16.5. The number of ether oxygens (including phenoxy) is 2. The SMILES string of the molecule is CC=Cc1ccc(OCC(=O)N2CCCCCCC2)c(OC)c1. The largest absolute Gasteiger partial charge is 0.493 e. The predicted molar refractivity (Wildman–Crippen MR) is 92.9 cm³/mol. The van der Waals surface area contributed by atoms with Gasteiger partial charge in [0.2, 0.25) is 0 Å². The maximum Gasteiger partial charge on any atom is 0.260 e. The van der Waals surface area contributed by atoms with Crippen LogP contribution < -0.4 is 9.47 Å². The number of rotatable bonds is 5. The second-order valence-electron chi connectivity index (χ2n) is 5.85. The Morgan fingerprint density at radius 3 is 2.48 bits per heavy atom. The fourth-order valence-corrected chi connectivity index (χ4v) is 2.83. The maximum absolute atomic E-state index is 12.4. The van der Waals surface area contributed by atoms with Crippen LogP contribution in [0.25, 0.3) is 6.08 Å². The minimum atomic E-state index is 0.0616. The van der Waals surface area contributed by atoms with Crippen molar-refractivity contribution in [1.82, 2.24) is 4.90 Å². The number of nitrogens with zero attached hydrogens (tertiary/aromatic N) is 1. The molecule has 0 aliphatic carbocycles. The molecule has 0 bridgehead atoms. The fraction of sp³-hybridized carbons (Fsp3) is 0.526. The van der Waals surface area contributed by atoms with E-state index in [2.05, 4.69) is 0 Å². The molecule has 1 aliphatic rings. The zero-order chi connectivity index (χ0) is 16.5. The lowest BCUT2D eigenvalue weighted by Gasteiger charge is -2.25. The van der Waals surface area contributed by atoms with Crippen LogP contribution >= 0.6 is 0 Å². The Morgan fingerprint density at radius 1 is 1.13 bits per heavy atom. The van der Waals surface area contributed by atoms with E-state index in [1.54, 1.807) is 7.11 Å². The van der Waals surface area contributed by atoms with E-state index < -0.39 is 0 Å². The van der Waals surface area contributed by atoms with E-state index >= 15 is 0 Å². The molecule has 1 saturated heterocycles. The first kappa shape index (κ1) is 17.4. The summed E-state index contributed by atoms with van der Waals surface area (Å²) < 4.78 is 11.1. The van der Waals surface area contributed by atoms with Gasteiger partial charge < -0.3 is 14.4 Å². The molecule has 0 saturated carbocycles. The Hall–Kier alpha value is -1.97. The summed E-state index contributed by atoms with van der Waals surface area (Å²) in [6.45, 7) is 3.73. The van der Waals surface area contributed by atoms with Crippen molar-refractivity contribution >= 4 is 12.0 Å². The summed E-state index contributed by atoms with van der Waals surface area (Å²) in [5.74, 6) is 1.33. The van der Waals surface area contributed by atoms with Gasteiger partial charge in [-0.1, -0.05) is 37.5 Å². The van der Waals surface area contributed by atoms with Crippen molar-refractivity contribution in [2.75, 3.05) is 26.8 Å². The maximum atomic E-state index is 12.4. The number of carbonyl (C=O) groups excluding carboxylic acids is 1. The molecular weight excluding hydrogens is 290 g/mol. The minimum Gasteiger partial charge on any atom is -0.493 e. The number of hydrogen-bond acceptors (Lipinski definition) is 3. The average molecular weight is 317 g/mol. The van der Waals surface area contributed by atoms with Crippen LogP contribution in [0.2, 0.25) is 0 Å².